The van der Waals surface area contributed by atoms with E-state index in [0.29, 0.717) is 13.0 Å². The average Bonchev–Trinajstić information content (AvgIpc) is 2.71. The summed E-state index contributed by atoms with van der Waals surface area (Å²) in [5.41, 5.74) is 1.46. The minimum Gasteiger partial charge on any atom is -0.490 e. The van der Waals surface area contributed by atoms with Crippen molar-refractivity contribution in [2.75, 3.05) is 6.61 Å². The van der Waals surface area contributed by atoms with Crippen LogP contribution in [0.4, 0.5) is 0 Å². The third kappa shape index (κ3) is 17.6. The quantitative estimate of drug-likeness (QED) is 0.245. The fourth-order valence-electron chi connectivity index (χ4n) is 2.90. The Hall–Kier alpha value is -1.77. The fraction of sp³-hybridized carbons (Fsp3) is 0.640. The van der Waals surface area contributed by atoms with Crippen molar-refractivity contribution in [3.8, 4) is 5.75 Å². The van der Waals surface area contributed by atoms with Crippen LogP contribution in [-0.2, 0) is 4.79 Å². The molecule has 160 valence electrons. The molecular formula is C25H42O3. The zero-order valence-corrected chi connectivity index (χ0v) is 18.4. The molecule has 1 rings (SSSR count). The Morgan fingerprint density at radius 3 is 1.89 bits per heavy atom. The third-order valence-electron chi connectivity index (χ3n) is 4.77. The van der Waals surface area contributed by atoms with Crippen LogP contribution in [-0.4, -0.2) is 17.7 Å². The standard InChI is InChI=1S/C13H18O.C12H24O2/c1-3-12(4-2)10-11-14-13-8-6-5-7-9-13;1-2-3-4-5-6-7-8-9-10-11-12(13)14/h5-10H,3-4,11H2,1-2H3;2-11H2,1H3,(H,13,14). The Morgan fingerprint density at radius 2 is 1.39 bits per heavy atom. The van der Waals surface area contributed by atoms with Crippen LogP contribution in [0, 0.1) is 0 Å². The lowest BCUT2D eigenvalue weighted by Crippen LogP contribution is -1.94. The summed E-state index contributed by atoms with van der Waals surface area (Å²) in [6.45, 7) is 7.27. The van der Waals surface area contributed by atoms with Crippen molar-refractivity contribution in [1.82, 2.24) is 0 Å². The van der Waals surface area contributed by atoms with Crippen LogP contribution < -0.4 is 4.74 Å². The molecule has 28 heavy (non-hydrogen) atoms. The molecule has 0 atom stereocenters. The Morgan fingerprint density at radius 1 is 0.857 bits per heavy atom. The molecule has 0 heterocycles. The normalized spacial score (nSPS) is 9.96. The number of hydrogen-bond donors (Lipinski definition) is 1. The molecule has 1 aromatic rings. The van der Waals surface area contributed by atoms with Gasteiger partial charge in [-0.15, -0.1) is 0 Å². The van der Waals surface area contributed by atoms with Crippen molar-refractivity contribution in [2.45, 2.75) is 97.8 Å². The molecule has 0 aliphatic heterocycles. The van der Waals surface area contributed by atoms with Crippen LogP contribution in [0.1, 0.15) is 97.8 Å². The van der Waals surface area contributed by atoms with Gasteiger partial charge in [0.25, 0.3) is 0 Å². The van der Waals surface area contributed by atoms with E-state index >= 15 is 0 Å². The maximum absolute atomic E-state index is 10.2. The summed E-state index contributed by atoms with van der Waals surface area (Å²) in [4.78, 5) is 10.2. The van der Waals surface area contributed by atoms with Gasteiger partial charge in [0.1, 0.15) is 12.4 Å². The predicted octanol–water partition coefficient (Wildman–Crippen LogP) is 7.80. The van der Waals surface area contributed by atoms with Gasteiger partial charge in [-0.1, -0.05) is 95.9 Å². The summed E-state index contributed by atoms with van der Waals surface area (Å²) in [5, 5.41) is 8.41. The number of para-hydroxylation sites is 1. The molecule has 3 heteroatoms. The summed E-state index contributed by atoms with van der Waals surface area (Å²) in [5.74, 6) is 0.281. The number of carboxylic acid groups (broad SMARTS) is 1. The van der Waals surface area contributed by atoms with Crippen molar-refractivity contribution in [3.05, 3.63) is 42.0 Å². The molecule has 0 radical (unpaired) electrons. The highest BCUT2D eigenvalue weighted by molar-refractivity contribution is 5.66. The van der Waals surface area contributed by atoms with Crippen molar-refractivity contribution in [3.63, 3.8) is 0 Å². The zero-order chi connectivity index (χ0) is 20.9. The number of unbranched alkanes of at least 4 members (excludes halogenated alkanes) is 8. The largest absolute Gasteiger partial charge is 0.490 e. The van der Waals surface area contributed by atoms with Crippen LogP contribution in [0.25, 0.3) is 0 Å². The molecule has 1 N–H and O–H groups in total. The minimum atomic E-state index is -0.659. The summed E-state index contributed by atoms with van der Waals surface area (Å²) in [7, 11) is 0. The van der Waals surface area contributed by atoms with Gasteiger partial charge in [-0.3, -0.25) is 4.79 Å². The van der Waals surface area contributed by atoms with E-state index in [1.165, 1.54) is 50.5 Å². The van der Waals surface area contributed by atoms with Crippen molar-refractivity contribution < 1.29 is 14.6 Å². The number of ether oxygens (including phenoxy) is 1. The fourth-order valence-corrected chi connectivity index (χ4v) is 2.90. The van der Waals surface area contributed by atoms with Crippen LogP contribution in [0.3, 0.4) is 0 Å². The van der Waals surface area contributed by atoms with Crippen LogP contribution >= 0.6 is 0 Å². The first-order chi connectivity index (χ1) is 13.6. The number of benzene rings is 1. The number of rotatable bonds is 15. The second kappa shape index (κ2) is 20.0. The van der Waals surface area contributed by atoms with Gasteiger partial charge >= 0.3 is 5.97 Å². The van der Waals surface area contributed by atoms with E-state index in [1.54, 1.807) is 0 Å². The number of carboxylic acids is 1. The van der Waals surface area contributed by atoms with Gasteiger partial charge in [0, 0.05) is 6.42 Å². The molecule has 0 aliphatic carbocycles. The van der Waals surface area contributed by atoms with E-state index in [2.05, 4.69) is 26.8 Å². The van der Waals surface area contributed by atoms with Gasteiger partial charge in [-0.25, -0.2) is 0 Å². The van der Waals surface area contributed by atoms with Crippen LogP contribution in [0.5, 0.6) is 5.75 Å². The molecule has 0 amide bonds. The SMILES string of the molecule is CCC(=CCOc1ccccc1)CC.CCCCCCCCCCCC(=O)O. The van der Waals surface area contributed by atoms with Gasteiger partial charge in [0.2, 0.25) is 0 Å². The van der Waals surface area contributed by atoms with E-state index in [-0.39, 0.29) is 0 Å². The highest BCUT2D eigenvalue weighted by atomic mass is 16.5. The van der Waals surface area contributed by atoms with Gasteiger partial charge in [-0.2, -0.15) is 0 Å². The molecule has 1 aromatic carbocycles. The molecule has 0 saturated carbocycles. The molecule has 0 aromatic heterocycles. The maximum atomic E-state index is 10.2. The first-order valence-corrected chi connectivity index (χ1v) is 11.2. The highest BCUT2D eigenvalue weighted by Gasteiger charge is 1.96. The molecule has 0 saturated heterocycles. The summed E-state index contributed by atoms with van der Waals surface area (Å²) >= 11 is 0. The van der Waals surface area contributed by atoms with E-state index < -0.39 is 5.97 Å². The molecule has 0 fully saturated rings. The number of carbonyl (C=O) groups is 1. The summed E-state index contributed by atoms with van der Waals surface area (Å²) in [6, 6.07) is 9.92. The first-order valence-electron chi connectivity index (χ1n) is 11.2. The molecule has 0 bridgehead atoms. The topological polar surface area (TPSA) is 46.5 Å². The lowest BCUT2D eigenvalue weighted by atomic mass is 10.1. The third-order valence-corrected chi connectivity index (χ3v) is 4.77. The van der Waals surface area contributed by atoms with Gasteiger partial charge in [0.05, 0.1) is 0 Å². The van der Waals surface area contributed by atoms with E-state index in [9.17, 15) is 4.79 Å². The zero-order valence-electron chi connectivity index (χ0n) is 18.4. The second-order valence-corrected chi connectivity index (χ2v) is 7.17. The molecule has 0 spiro atoms. The molecule has 0 aliphatic rings. The summed E-state index contributed by atoms with van der Waals surface area (Å²) < 4.78 is 5.56. The number of allylic oxidation sites excluding steroid dienone is 1. The van der Waals surface area contributed by atoms with Gasteiger partial charge < -0.3 is 9.84 Å². The highest BCUT2D eigenvalue weighted by Crippen LogP contribution is 2.11. The maximum Gasteiger partial charge on any atom is 0.303 e. The minimum absolute atomic E-state index is 0.343. The summed E-state index contributed by atoms with van der Waals surface area (Å²) in [6.07, 6.45) is 15.9. The molecule has 3 nitrogen and oxygen atoms in total. The second-order valence-electron chi connectivity index (χ2n) is 7.17. The van der Waals surface area contributed by atoms with E-state index in [1.807, 2.05) is 30.3 Å². The van der Waals surface area contributed by atoms with Crippen molar-refractivity contribution in [1.29, 1.82) is 0 Å². The Kier molecular flexibility index (Phi) is 18.7. The average molecular weight is 391 g/mol. The van der Waals surface area contributed by atoms with Crippen molar-refractivity contribution >= 4 is 5.97 Å². The van der Waals surface area contributed by atoms with Crippen molar-refractivity contribution in [2.24, 2.45) is 0 Å². The smallest absolute Gasteiger partial charge is 0.303 e. The van der Waals surface area contributed by atoms with Crippen LogP contribution in [0.15, 0.2) is 42.0 Å². The van der Waals surface area contributed by atoms with Crippen LogP contribution in [0.2, 0.25) is 0 Å². The number of aliphatic carboxylic acids is 1. The number of hydrogen-bond acceptors (Lipinski definition) is 2. The van der Waals surface area contributed by atoms with E-state index in [0.717, 1.165) is 31.4 Å². The van der Waals surface area contributed by atoms with E-state index in [4.69, 9.17) is 9.84 Å². The monoisotopic (exact) mass is 390 g/mol. The Balaban J connectivity index is 0.000000521. The molecular weight excluding hydrogens is 348 g/mol. The van der Waals surface area contributed by atoms with Gasteiger partial charge in [0.15, 0.2) is 0 Å². The lowest BCUT2D eigenvalue weighted by molar-refractivity contribution is -0.137. The first kappa shape index (κ1) is 26.2. The lowest BCUT2D eigenvalue weighted by Gasteiger charge is -2.04. The Labute approximate surface area is 173 Å². The predicted molar refractivity (Wildman–Crippen MR) is 120 cm³/mol. The molecule has 0 unspecified atom stereocenters. The Bertz CT molecular complexity index is 488. The van der Waals surface area contributed by atoms with Gasteiger partial charge in [-0.05, 0) is 37.5 Å².